The fourth-order valence-corrected chi connectivity index (χ4v) is 4.02. The first-order valence-corrected chi connectivity index (χ1v) is 11.5. The molecule has 1 heterocycles. The number of carboxylic acids is 1. The number of carbonyl (C=O) groups is 4. The van der Waals surface area contributed by atoms with E-state index >= 15 is 0 Å². The van der Waals surface area contributed by atoms with Gasteiger partial charge in [-0.25, -0.2) is 9.59 Å². The number of urea groups is 1. The minimum absolute atomic E-state index is 0.0909. The highest BCUT2D eigenvalue weighted by molar-refractivity contribution is 6.10. The van der Waals surface area contributed by atoms with E-state index in [9.17, 15) is 24.3 Å². The highest BCUT2D eigenvalue weighted by atomic mass is 16.4. The van der Waals surface area contributed by atoms with E-state index < -0.39 is 30.0 Å². The number of anilines is 2. The lowest BCUT2D eigenvalue weighted by Crippen LogP contribution is -2.56. The molecule has 4 N–H and O–H groups in total. The Bertz CT molecular complexity index is 1250. The van der Waals surface area contributed by atoms with E-state index in [4.69, 9.17) is 0 Å². The molecule has 1 aliphatic rings. The second-order valence-electron chi connectivity index (χ2n) is 8.43. The van der Waals surface area contributed by atoms with Crippen LogP contribution in [0, 0.1) is 0 Å². The Labute approximate surface area is 208 Å². The van der Waals surface area contributed by atoms with Crippen LogP contribution >= 0.6 is 0 Å². The van der Waals surface area contributed by atoms with Gasteiger partial charge in [0.25, 0.3) is 0 Å². The second-order valence-corrected chi connectivity index (χ2v) is 8.43. The molecule has 0 saturated carbocycles. The number of carbonyl (C=O) groups excluding carboxylic acids is 3. The van der Waals surface area contributed by atoms with Crippen molar-refractivity contribution in [1.82, 2.24) is 10.6 Å². The largest absolute Gasteiger partial charge is 0.480 e. The molecule has 0 unspecified atom stereocenters. The van der Waals surface area contributed by atoms with E-state index in [0.717, 1.165) is 11.1 Å². The van der Waals surface area contributed by atoms with E-state index in [-0.39, 0.29) is 25.3 Å². The standard InChI is InChI=1S/C27H26N4O5/c32-24-17-31(23-14-8-7-13-20(23)28-24)27(36)30-21(15-18-9-3-1-4-10-18)25(33)29-22(26(34)35)16-19-11-5-2-6-12-19/h1-14,21-22H,15-17H2,(H,28,32)(H,29,33)(H,30,36)(H,34,35)/t21-,22-/m0/s1. The van der Waals surface area contributed by atoms with Crippen LogP contribution in [0.15, 0.2) is 84.9 Å². The first-order valence-electron chi connectivity index (χ1n) is 11.5. The van der Waals surface area contributed by atoms with Crippen LogP contribution < -0.4 is 20.9 Å². The van der Waals surface area contributed by atoms with Gasteiger partial charge in [0.05, 0.1) is 11.4 Å². The molecule has 3 aromatic carbocycles. The molecular weight excluding hydrogens is 460 g/mol. The summed E-state index contributed by atoms with van der Waals surface area (Å²) in [5.41, 5.74) is 2.53. The van der Waals surface area contributed by atoms with Crippen LogP contribution in [0.4, 0.5) is 16.2 Å². The average molecular weight is 487 g/mol. The van der Waals surface area contributed by atoms with Crippen LogP contribution in [0.25, 0.3) is 0 Å². The van der Waals surface area contributed by atoms with Crippen molar-refractivity contribution >= 4 is 35.2 Å². The fraction of sp³-hybridized carbons (Fsp3) is 0.185. The van der Waals surface area contributed by atoms with Gasteiger partial charge in [0.2, 0.25) is 11.8 Å². The van der Waals surface area contributed by atoms with Gasteiger partial charge in [-0.3, -0.25) is 14.5 Å². The van der Waals surface area contributed by atoms with Gasteiger partial charge in [-0.15, -0.1) is 0 Å². The fourth-order valence-electron chi connectivity index (χ4n) is 4.02. The summed E-state index contributed by atoms with van der Waals surface area (Å²) < 4.78 is 0. The molecule has 3 aromatic rings. The molecule has 9 heteroatoms. The maximum atomic E-state index is 13.3. The van der Waals surface area contributed by atoms with Gasteiger partial charge in [0.1, 0.15) is 18.6 Å². The number of rotatable bonds is 8. The third-order valence-corrected chi connectivity index (χ3v) is 5.81. The third kappa shape index (κ3) is 6.06. The van der Waals surface area contributed by atoms with E-state index in [1.807, 2.05) is 36.4 Å². The van der Waals surface area contributed by atoms with Crippen molar-refractivity contribution in [3.05, 3.63) is 96.1 Å². The number of para-hydroxylation sites is 2. The molecule has 2 atom stereocenters. The first kappa shape index (κ1) is 24.5. The summed E-state index contributed by atoms with van der Waals surface area (Å²) in [6, 6.07) is 22.0. The summed E-state index contributed by atoms with van der Waals surface area (Å²) in [6.07, 6.45) is 0.228. The molecular formula is C27H26N4O5. The van der Waals surface area contributed by atoms with Crippen molar-refractivity contribution in [2.75, 3.05) is 16.8 Å². The number of amides is 4. The topological polar surface area (TPSA) is 128 Å². The Morgan fingerprint density at radius 3 is 1.97 bits per heavy atom. The number of benzene rings is 3. The zero-order chi connectivity index (χ0) is 25.5. The summed E-state index contributed by atoms with van der Waals surface area (Å²) in [4.78, 5) is 51.9. The van der Waals surface area contributed by atoms with Crippen molar-refractivity contribution in [3.63, 3.8) is 0 Å². The van der Waals surface area contributed by atoms with E-state index in [0.29, 0.717) is 11.4 Å². The molecule has 36 heavy (non-hydrogen) atoms. The molecule has 0 saturated heterocycles. The van der Waals surface area contributed by atoms with Gasteiger partial charge in [-0.1, -0.05) is 72.8 Å². The first-order chi connectivity index (χ1) is 17.4. The molecule has 1 aliphatic heterocycles. The Hall–Kier alpha value is -4.66. The summed E-state index contributed by atoms with van der Waals surface area (Å²) in [5.74, 6) is -2.18. The lowest BCUT2D eigenvalue weighted by molar-refractivity contribution is -0.142. The maximum Gasteiger partial charge on any atom is 0.326 e. The number of hydrogen-bond acceptors (Lipinski definition) is 4. The van der Waals surface area contributed by atoms with E-state index in [2.05, 4.69) is 16.0 Å². The van der Waals surface area contributed by atoms with E-state index in [1.165, 1.54) is 4.90 Å². The summed E-state index contributed by atoms with van der Waals surface area (Å²) in [6.45, 7) is -0.214. The highest BCUT2D eigenvalue weighted by Gasteiger charge is 2.31. The van der Waals surface area contributed by atoms with Crippen molar-refractivity contribution in [2.24, 2.45) is 0 Å². The van der Waals surface area contributed by atoms with Crippen LogP contribution in [0.3, 0.4) is 0 Å². The smallest absolute Gasteiger partial charge is 0.326 e. The SMILES string of the molecule is O=C1CN(C(=O)N[C@@H](Cc2ccccc2)C(=O)N[C@@H](Cc2ccccc2)C(=O)O)c2ccccc2N1. The molecule has 184 valence electrons. The Balaban J connectivity index is 1.54. The number of hydrogen-bond donors (Lipinski definition) is 4. The molecule has 4 rings (SSSR count). The number of nitrogens with zero attached hydrogens (tertiary/aromatic N) is 1. The molecule has 0 radical (unpaired) electrons. The molecule has 9 nitrogen and oxygen atoms in total. The monoisotopic (exact) mass is 486 g/mol. The lowest BCUT2D eigenvalue weighted by atomic mass is 10.0. The van der Waals surface area contributed by atoms with Gasteiger partial charge >= 0.3 is 12.0 Å². The van der Waals surface area contributed by atoms with Gasteiger partial charge in [-0.05, 0) is 23.3 Å². The van der Waals surface area contributed by atoms with Crippen LogP contribution in [0.1, 0.15) is 11.1 Å². The molecule has 0 aromatic heterocycles. The van der Waals surface area contributed by atoms with Crippen LogP contribution in [-0.4, -0.2) is 47.5 Å². The minimum Gasteiger partial charge on any atom is -0.480 e. The Morgan fingerprint density at radius 2 is 1.36 bits per heavy atom. The van der Waals surface area contributed by atoms with Crippen molar-refractivity contribution in [2.45, 2.75) is 24.9 Å². The number of nitrogens with one attached hydrogen (secondary N) is 3. The highest BCUT2D eigenvalue weighted by Crippen LogP contribution is 2.28. The zero-order valence-electron chi connectivity index (χ0n) is 19.4. The predicted molar refractivity (Wildman–Crippen MR) is 135 cm³/mol. The minimum atomic E-state index is -1.18. The van der Waals surface area contributed by atoms with Crippen molar-refractivity contribution < 1.29 is 24.3 Å². The van der Waals surface area contributed by atoms with E-state index in [1.54, 1.807) is 48.5 Å². The van der Waals surface area contributed by atoms with Gasteiger partial charge < -0.3 is 21.1 Å². The number of aliphatic carboxylic acids is 1. The molecule has 0 fully saturated rings. The molecule has 0 aliphatic carbocycles. The third-order valence-electron chi connectivity index (χ3n) is 5.81. The summed E-state index contributed by atoms with van der Waals surface area (Å²) in [5, 5.41) is 17.7. The average Bonchev–Trinajstić information content (AvgIpc) is 2.88. The van der Waals surface area contributed by atoms with Crippen LogP contribution in [0.2, 0.25) is 0 Å². The quantitative estimate of drug-likeness (QED) is 0.389. The van der Waals surface area contributed by atoms with Crippen LogP contribution in [-0.2, 0) is 27.2 Å². The Morgan fingerprint density at radius 1 is 0.806 bits per heavy atom. The molecule has 0 bridgehead atoms. The number of carboxylic acid groups (broad SMARTS) is 1. The second kappa shape index (κ2) is 11.2. The van der Waals surface area contributed by atoms with Crippen LogP contribution in [0.5, 0.6) is 0 Å². The van der Waals surface area contributed by atoms with Crippen molar-refractivity contribution in [3.8, 4) is 0 Å². The lowest BCUT2D eigenvalue weighted by Gasteiger charge is -2.31. The molecule has 0 spiro atoms. The molecule has 4 amide bonds. The normalized spacial score (nSPS) is 14.1. The Kier molecular flexibility index (Phi) is 7.60. The summed E-state index contributed by atoms with van der Waals surface area (Å²) >= 11 is 0. The van der Waals surface area contributed by atoms with Gasteiger partial charge in [0, 0.05) is 12.8 Å². The van der Waals surface area contributed by atoms with Gasteiger partial charge in [0.15, 0.2) is 0 Å². The maximum absolute atomic E-state index is 13.3. The zero-order valence-corrected chi connectivity index (χ0v) is 19.4. The van der Waals surface area contributed by atoms with Crippen molar-refractivity contribution in [1.29, 1.82) is 0 Å². The predicted octanol–water partition coefficient (Wildman–Crippen LogP) is 2.58. The van der Waals surface area contributed by atoms with Gasteiger partial charge in [-0.2, -0.15) is 0 Å². The summed E-state index contributed by atoms with van der Waals surface area (Å²) in [7, 11) is 0. The number of fused-ring (bicyclic) bond motifs is 1.